The lowest BCUT2D eigenvalue weighted by Gasteiger charge is -2.06. The van der Waals surface area contributed by atoms with Gasteiger partial charge < -0.3 is 9.52 Å². The number of aromatic hydroxyl groups is 1. The molecule has 20 heavy (non-hydrogen) atoms. The molecule has 0 aliphatic carbocycles. The monoisotopic (exact) mass is 332 g/mol. The van der Waals surface area contributed by atoms with Gasteiger partial charge in [0.1, 0.15) is 11.5 Å². The van der Waals surface area contributed by atoms with Gasteiger partial charge in [-0.2, -0.15) is 0 Å². The number of rotatable bonds is 3. The summed E-state index contributed by atoms with van der Waals surface area (Å²) in [6.45, 7) is 1.52. The van der Waals surface area contributed by atoms with Crippen LogP contribution in [0.3, 0.4) is 0 Å². The average molecular weight is 333 g/mol. The normalized spacial score (nSPS) is 12.3. The van der Waals surface area contributed by atoms with Crippen LogP contribution in [0.2, 0.25) is 10.0 Å². The minimum absolute atomic E-state index is 0.0165. The van der Waals surface area contributed by atoms with Crippen LogP contribution in [0.1, 0.15) is 11.3 Å². The highest BCUT2D eigenvalue weighted by atomic mass is 35.5. The third-order valence-corrected chi connectivity index (χ3v) is 4.53. The van der Waals surface area contributed by atoms with Crippen molar-refractivity contribution in [1.82, 2.24) is 0 Å². The minimum Gasteiger partial charge on any atom is -0.506 e. The largest absolute Gasteiger partial charge is 0.506 e. The first-order valence-corrected chi connectivity index (χ1v) is 7.62. The van der Waals surface area contributed by atoms with Crippen molar-refractivity contribution in [2.45, 2.75) is 17.6 Å². The molecule has 1 heterocycles. The van der Waals surface area contributed by atoms with Crippen molar-refractivity contribution in [3.05, 3.63) is 56.1 Å². The second kappa shape index (κ2) is 5.99. The molecule has 0 bridgehead atoms. The highest BCUT2D eigenvalue weighted by molar-refractivity contribution is 7.84. The summed E-state index contributed by atoms with van der Waals surface area (Å²) in [4.78, 5) is 11.4. The summed E-state index contributed by atoms with van der Waals surface area (Å²) in [7, 11) is -1.77. The molecular weight excluding hydrogens is 323 g/mol. The molecule has 1 aromatic heterocycles. The Balaban J connectivity index is 2.36. The number of halogens is 2. The Morgan fingerprint density at radius 1 is 1.30 bits per heavy atom. The van der Waals surface area contributed by atoms with Crippen molar-refractivity contribution in [3.8, 4) is 5.75 Å². The first-order chi connectivity index (χ1) is 9.38. The molecule has 1 aromatic carbocycles. The van der Waals surface area contributed by atoms with Gasteiger partial charge in [-0.3, -0.25) is 4.21 Å². The molecule has 0 saturated carbocycles. The minimum atomic E-state index is -1.77. The van der Waals surface area contributed by atoms with Crippen molar-refractivity contribution in [2.24, 2.45) is 0 Å². The molecule has 0 spiro atoms. The Hall–Kier alpha value is -1.30. The molecule has 7 heteroatoms. The molecular formula is C13H10Cl2O4S. The second-order valence-corrected chi connectivity index (χ2v) is 6.32. The summed E-state index contributed by atoms with van der Waals surface area (Å²) in [5.41, 5.74) is -0.250. The van der Waals surface area contributed by atoms with E-state index in [9.17, 15) is 14.1 Å². The van der Waals surface area contributed by atoms with E-state index < -0.39 is 16.4 Å². The van der Waals surface area contributed by atoms with Crippen molar-refractivity contribution < 1.29 is 13.7 Å². The van der Waals surface area contributed by atoms with Crippen LogP contribution in [0.5, 0.6) is 5.75 Å². The fraction of sp³-hybridized carbons (Fsp3) is 0.154. The smallest absolute Gasteiger partial charge is 0.356 e. The standard InChI is InChI=1S/C13H10Cl2O4S/c1-7-4-11(16)12(13(17)19-7)20(18)6-8-2-3-9(14)5-10(8)15/h2-5,16H,6H2,1H3. The molecule has 0 aliphatic rings. The van der Waals surface area contributed by atoms with E-state index in [-0.39, 0.29) is 22.2 Å². The predicted octanol–water partition coefficient (Wildman–Crippen LogP) is 3.27. The number of hydrogen-bond acceptors (Lipinski definition) is 4. The third kappa shape index (κ3) is 3.23. The van der Waals surface area contributed by atoms with Gasteiger partial charge in [0.05, 0.1) is 16.6 Å². The van der Waals surface area contributed by atoms with Crippen LogP contribution >= 0.6 is 23.2 Å². The van der Waals surface area contributed by atoms with Gasteiger partial charge in [-0.25, -0.2) is 4.79 Å². The number of benzene rings is 1. The third-order valence-electron chi connectivity index (χ3n) is 2.54. The van der Waals surface area contributed by atoms with E-state index in [0.29, 0.717) is 15.6 Å². The van der Waals surface area contributed by atoms with E-state index in [1.165, 1.54) is 19.1 Å². The van der Waals surface area contributed by atoms with Gasteiger partial charge in [0.15, 0.2) is 4.90 Å². The van der Waals surface area contributed by atoms with Gasteiger partial charge in [-0.1, -0.05) is 29.3 Å². The molecule has 106 valence electrons. The van der Waals surface area contributed by atoms with Crippen LogP contribution in [0.4, 0.5) is 0 Å². The summed E-state index contributed by atoms with van der Waals surface area (Å²) >= 11 is 11.8. The zero-order valence-corrected chi connectivity index (χ0v) is 12.7. The maximum atomic E-state index is 12.2. The quantitative estimate of drug-likeness (QED) is 0.936. The zero-order chi connectivity index (χ0) is 14.9. The van der Waals surface area contributed by atoms with Gasteiger partial charge >= 0.3 is 5.63 Å². The Morgan fingerprint density at radius 2 is 2.00 bits per heavy atom. The lowest BCUT2D eigenvalue weighted by molar-refractivity contribution is 0.410. The van der Waals surface area contributed by atoms with E-state index in [0.717, 1.165) is 0 Å². The number of hydrogen-bond donors (Lipinski definition) is 1. The van der Waals surface area contributed by atoms with Crippen LogP contribution < -0.4 is 5.63 Å². The lowest BCUT2D eigenvalue weighted by Crippen LogP contribution is -2.11. The summed E-state index contributed by atoms with van der Waals surface area (Å²) in [6.07, 6.45) is 0. The summed E-state index contributed by atoms with van der Waals surface area (Å²) in [5, 5.41) is 10.5. The molecule has 1 atom stereocenters. The molecule has 2 rings (SSSR count). The van der Waals surface area contributed by atoms with E-state index in [1.54, 1.807) is 12.1 Å². The first kappa shape index (κ1) is 15.1. The zero-order valence-electron chi connectivity index (χ0n) is 10.4. The van der Waals surface area contributed by atoms with E-state index >= 15 is 0 Å². The van der Waals surface area contributed by atoms with Gasteiger partial charge in [0, 0.05) is 16.1 Å². The van der Waals surface area contributed by atoms with Gasteiger partial charge in [-0.15, -0.1) is 0 Å². The Labute approximate surface area is 127 Å². The molecule has 4 nitrogen and oxygen atoms in total. The molecule has 0 fully saturated rings. The van der Waals surface area contributed by atoms with Crippen LogP contribution in [-0.2, 0) is 16.6 Å². The maximum Gasteiger partial charge on any atom is 0.356 e. The van der Waals surface area contributed by atoms with Crippen molar-refractivity contribution in [3.63, 3.8) is 0 Å². The fourth-order valence-electron chi connectivity index (χ4n) is 1.65. The predicted molar refractivity (Wildman–Crippen MR) is 78.0 cm³/mol. The number of aryl methyl sites for hydroxylation is 1. The van der Waals surface area contributed by atoms with Crippen LogP contribution in [0.25, 0.3) is 0 Å². The maximum absolute atomic E-state index is 12.2. The Morgan fingerprint density at radius 3 is 2.60 bits per heavy atom. The molecule has 2 aromatic rings. The first-order valence-electron chi connectivity index (χ1n) is 5.54. The van der Waals surface area contributed by atoms with E-state index in [2.05, 4.69) is 0 Å². The Kier molecular flexibility index (Phi) is 4.52. The van der Waals surface area contributed by atoms with Crippen LogP contribution in [-0.4, -0.2) is 9.32 Å². The average Bonchev–Trinajstić information content (AvgIpc) is 2.31. The summed E-state index contributed by atoms with van der Waals surface area (Å²) in [6, 6.07) is 6.00. The molecule has 0 saturated heterocycles. The van der Waals surface area contributed by atoms with Gasteiger partial charge in [0.25, 0.3) is 0 Å². The fourth-order valence-corrected chi connectivity index (χ4v) is 3.40. The molecule has 1 N–H and O–H groups in total. The molecule has 0 radical (unpaired) electrons. The lowest BCUT2D eigenvalue weighted by atomic mass is 10.2. The van der Waals surface area contributed by atoms with Crippen molar-refractivity contribution >= 4 is 34.0 Å². The van der Waals surface area contributed by atoms with Crippen molar-refractivity contribution in [1.29, 1.82) is 0 Å². The second-order valence-electron chi connectivity index (χ2n) is 4.08. The van der Waals surface area contributed by atoms with E-state index in [1.807, 2.05) is 0 Å². The Bertz CT molecular complexity index is 740. The highest BCUT2D eigenvalue weighted by Gasteiger charge is 2.18. The van der Waals surface area contributed by atoms with E-state index in [4.69, 9.17) is 27.6 Å². The summed E-state index contributed by atoms with van der Waals surface area (Å²) in [5.74, 6) is -0.114. The topological polar surface area (TPSA) is 67.5 Å². The van der Waals surface area contributed by atoms with Gasteiger partial charge in [-0.05, 0) is 24.6 Å². The summed E-state index contributed by atoms with van der Waals surface area (Å²) < 4.78 is 17.0. The SMILES string of the molecule is Cc1cc(O)c(S(=O)Cc2ccc(Cl)cc2Cl)c(=O)o1. The highest BCUT2D eigenvalue weighted by Crippen LogP contribution is 2.25. The molecule has 1 unspecified atom stereocenters. The van der Waals surface area contributed by atoms with Crippen LogP contribution in [0.15, 0.2) is 38.4 Å². The molecule has 0 amide bonds. The van der Waals surface area contributed by atoms with Crippen molar-refractivity contribution in [2.75, 3.05) is 0 Å². The van der Waals surface area contributed by atoms with Gasteiger partial charge in [0.2, 0.25) is 0 Å². The van der Waals surface area contributed by atoms with Crippen LogP contribution in [0, 0.1) is 6.92 Å². The molecule has 0 aliphatic heterocycles.